The molecule has 106 heavy (non-hydrogen) atoms. The van der Waals surface area contributed by atoms with Crippen molar-refractivity contribution in [1.29, 1.82) is 0 Å². The van der Waals surface area contributed by atoms with Crippen LogP contribution in [0.4, 0.5) is 37.5 Å². The Morgan fingerprint density at radius 2 is 1.19 bits per heavy atom. The molecule has 3 amide bonds. The molecule has 5 aromatic heterocycles. The molecule has 0 bridgehead atoms. The van der Waals surface area contributed by atoms with Crippen LogP contribution in [0.2, 0.25) is 15.1 Å². The van der Waals surface area contributed by atoms with E-state index in [1.54, 1.807) is 125 Å². The lowest BCUT2D eigenvalue weighted by atomic mass is 10.1. The monoisotopic (exact) mass is 1600 g/mol. The Morgan fingerprint density at radius 1 is 0.604 bits per heavy atom. The van der Waals surface area contributed by atoms with Gasteiger partial charge in [-0.3, -0.25) is 28.5 Å². The molecule has 3 N–H and O–H groups in total. The number of anilines is 6. The summed E-state index contributed by atoms with van der Waals surface area (Å²) in [5, 5.41) is 5.61. The van der Waals surface area contributed by atoms with Crippen molar-refractivity contribution in [2.24, 2.45) is 0 Å². The molecule has 0 unspecified atom stereocenters. The van der Waals surface area contributed by atoms with Crippen LogP contribution in [0.1, 0.15) is 40.4 Å². The van der Waals surface area contributed by atoms with Crippen LogP contribution in [-0.2, 0) is 51.0 Å². The molecule has 3 fully saturated rings. The van der Waals surface area contributed by atoms with Gasteiger partial charge in [0.1, 0.15) is 36.1 Å². The van der Waals surface area contributed by atoms with Crippen molar-refractivity contribution >= 4 is 160 Å². The van der Waals surface area contributed by atoms with E-state index in [1.807, 2.05) is 66.2 Å². The van der Waals surface area contributed by atoms with Crippen LogP contribution in [0.15, 0.2) is 203 Å². The molecule has 26 nitrogen and oxygen atoms in total. The predicted molar refractivity (Wildman–Crippen MR) is 422 cm³/mol. The highest BCUT2D eigenvalue weighted by Gasteiger charge is 2.33. The van der Waals surface area contributed by atoms with Gasteiger partial charge in [-0.25, -0.2) is 49.6 Å². The van der Waals surface area contributed by atoms with Crippen LogP contribution in [-0.4, -0.2) is 175 Å². The number of aryl methyl sites for hydroxylation is 1. The Kier molecular flexibility index (Phi) is 24.0. The number of rotatable bonds is 20. The third-order valence-corrected chi connectivity index (χ3v) is 24.5. The fraction of sp³-hybridized carbons (Fsp3) is 0.268. The third-order valence-electron chi connectivity index (χ3n) is 18.1. The minimum Gasteiger partial charge on any atom is -0.482 e. The number of aromatic nitrogens is 7. The maximum Gasteiger partial charge on any atom is 0.263 e. The van der Waals surface area contributed by atoms with Crippen molar-refractivity contribution in [2.75, 3.05) is 101 Å². The van der Waals surface area contributed by atoms with Gasteiger partial charge < -0.3 is 43.3 Å². The summed E-state index contributed by atoms with van der Waals surface area (Å²) < 4.78 is 110. The Morgan fingerprint density at radius 3 is 1.77 bits per heavy atom. The molecule has 3 aliphatic rings. The van der Waals surface area contributed by atoms with Gasteiger partial charge in [0.05, 0.1) is 25.2 Å². The summed E-state index contributed by atoms with van der Waals surface area (Å²) in [6, 6.07) is 40.2. The molecule has 0 aliphatic carbocycles. The molecule has 6 aromatic carbocycles. The van der Waals surface area contributed by atoms with Crippen molar-refractivity contribution < 1.29 is 55.9 Å². The minimum absolute atomic E-state index is 0. The van der Waals surface area contributed by atoms with E-state index in [4.69, 9.17) is 39.5 Å². The number of hydrogen-bond acceptors (Lipinski definition) is 20. The number of sulfonamides is 3. The number of amides is 3. The van der Waals surface area contributed by atoms with Gasteiger partial charge in [-0.2, -0.15) is 4.37 Å². The van der Waals surface area contributed by atoms with Crippen molar-refractivity contribution in [3.63, 3.8) is 0 Å². The molecule has 0 radical (unpaired) electrons. The summed E-state index contributed by atoms with van der Waals surface area (Å²) in [6.45, 7) is 12.3. The highest BCUT2D eigenvalue weighted by atomic mass is 35.5. The minimum atomic E-state index is -3.76. The number of para-hydroxylation sites is 1. The lowest BCUT2D eigenvalue weighted by molar-refractivity contribution is -0.136. The normalized spacial score (nSPS) is 16.0. The Labute approximate surface area is 642 Å². The van der Waals surface area contributed by atoms with Crippen LogP contribution in [0, 0.1) is 5.82 Å². The van der Waals surface area contributed by atoms with Gasteiger partial charge in [0.2, 0.25) is 16.9 Å². The lowest BCUT2D eigenvalue weighted by Gasteiger charge is -2.42. The number of benzene rings is 6. The maximum atomic E-state index is 14.5. The second-order valence-electron chi connectivity index (χ2n) is 25.0. The number of hydrogen-bond donors (Lipinski definition) is 3. The van der Waals surface area contributed by atoms with Crippen LogP contribution in [0.3, 0.4) is 0 Å². The summed E-state index contributed by atoms with van der Waals surface area (Å²) in [5.74, 6) is 0.189. The number of piperazine rings is 3. The number of ether oxygens (including phenoxy) is 1. The number of carbonyl (C=O) groups is 3. The van der Waals surface area contributed by atoms with E-state index in [9.17, 15) is 44.0 Å². The van der Waals surface area contributed by atoms with E-state index in [0.717, 1.165) is 44.9 Å². The van der Waals surface area contributed by atoms with Crippen molar-refractivity contribution in [3.05, 3.63) is 209 Å². The Bertz CT molecular complexity index is 5270. The second-order valence-corrected chi connectivity index (χ2v) is 33.0. The van der Waals surface area contributed by atoms with E-state index in [0.29, 0.717) is 110 Å². The Hall–Kier alpha value is -9.67. The SMILES string of the molecule is C[C@@H]1CN(c2ccc(S(=O)(=O)Nc3ncns3)cc2)CCN1C(=O)CCn1ccc2cc(Cl)ccc21.C[C@H]1CN(c2ccc(S(=O)(=O)Nc3nccs3)cc2)CCN1C(=O)[C@H](C)n1ccc2cccc(F)c21.O=C(COc1ccc(Cl)cc1Cl)N1CCN(c2ccc(S(=O)(=O)Nc3ccncn3)cc2)CC1.[HH].[HH].[HH].[HH].[HH]. The van der Waals surface area contributed by atoms with E-state index in [2.05, 4.69) is 57.7 Å². The van der Waals surface area contributed by atoms with Gasteiger partial charge in [0, 0.05) is 183 Å². The summed E-state index contributed by atoms with van der Waals surface area (Å²) in [5.41, 5.74) is 4.17. The quantitative estimate of drug-likeness (QED) is 0.0639. The van der Waals surface area contributed by atoms with E-state index in [-0.39, 0.29) is 75.0 Å². The van der Waals surface area contributed by atoms with Gasteiger partial charge in [-0.05, 0) is 154 Å². The number of nitrogens with zero attached hydrogens (tertiary/aromatic N) is 13. The molecule has 35 heteroatoms. The molecule has 3 saturated heterocycles. The van der Waals surface area contributed by atoms with Crippen LogP contribution in [0.5, 0.6) is 5.75 Å². The first-order valence-electron chi connectivity index (χ1n) is 33.4. The molecule has 8 heterocycles. The van der Waals surface area contributed by atoms with Crippen molar-refractivity contribution in [2.45, 2.75) is 66.5 Å². The fourth-order valence-electron chi connectivity index (χ4n) is 12.6. The van der Waals surface area contributed by atoms with Gasteiger partial charge in [0.15, 0.2) is 11.7 Å². The van der Waals surface area contributed by atoms with Crippen LogP contribution < -0.4 is 33.6 Å². The average molecular weight is 1610 g/mol. The number of halogens is 4. The number of carbonyl (C=O) groups excluding carboxylic acids is 3. The Balaban J connectivity index is 0.000000226. The maximum absolute atomic E-state index is 14.5. The molecular weight excluding hydrogens is 1520 g/mol. The van der Waals surface area contributed by atoms with Crippen LogP contribution >= 0.6 is 57.7 Å². The molecule has 564 valence electrons. The number of thiazole rings is 1. The standard InChI is InChI=1S/C25H26FN5O3S2.C24H25ClN6O3S2.C22H21Cl2N5O4S.5H2/c1-17-16-29(20-6-8-21(9-7-20)36(33,34)28-25-27-11-15-35-25)13-14-30(17)24(32)18(2)31-12-10-19-4-3-5-22(26)23(19)31;1-17-15-30(20-3-5-21(6-4-20)36(33,34)28-24-26-16-27-35-24)12-13-31(17)23(32)9-11-29-10-8-18-14-19(25)2-7-22(18)29;23-16-1-6-20(19(24)13-16)33-14-22(30)29-11-9-28(10-12-29)17-2-4-18(5-3-17)34(31,32)27-21-7-8-25-15-26-21;;;;;/h3-12,15,17-18H,13-14,16H2,1-2H3,(H,27,28);2-8,10,14,16-17H,9,11-13,15H2,1H3,(H,26,27,28);1-8,13,15H,9-12,14H2,(H,25,26,27);5*1H/t17-,18-;17-;;;;;;/m01....../s1. The first-order chi connectivity index (χ1) is 50.9. The number of nitrogens with one attached hydrogen (secondary N) is 3. The zero-order chi connectivity index (χ0) is 74.9. The topological polar surface area (TPSA) is 293 Å². The molecule has 0 saturated carbocycles. The zero-order valence-corrected chi connectivity index (χ0v) is 63.6. The van der Waals surface area contributed by atoms with E-state index < -0.39 is 36.1 Å². The molecule has 14 rings (SSSR count). The lowest BCUT2D eigenvalue weighted by Crippen LogP contribution is -2.55. The van der Waals surface area contributed by atoms with Crippen molar-refractivity contribution in [1.82, 2.24) is 48.1 Å². The van der Waals surface area contributed by atoms with Gasteiger partial charge in [0.25, 0.3) is 36.0 Å². The first-order valence-corrected chi connectivity index (χ1v) is 40.6. The van der Waals surface area contributed by atoms with Gasteiger partial charge in [-0.15, -0.1) is 11.3 Å². The number of fused-ring (bicyclic) bond motifs is 2. The smallest absolute Gasteiger partial charge is 0.263 e. The predicted octanol–water partition coefficient (Wildman–Crippen LogP) is 13.0. The summed E-state index contributed by atoms with van der Waals surface area (Å²) in [6.07, 6.45) is 9.73. The van der Waals surface area contributed by atoms with E-state index in [1.165, 1.54) is 48.5 Å². The third kappa shape index (κ3) is 18.4. The summed E-state index contributed by atoms with van der Waals surface area (Å²) >= 11 is 20.2. The molecule has 11 aromatic rings. The zero-order valence-electron chi connectivity index (χ0n) is 57.3. The van der Waals surface area contributed by atoms with Crippen LogP contribution in [0.25, 0.3) is 21.8 Å². The average Bonchev–Trinajstić information content (AvgIpc) is 1.68. The molecule has 3 atom stereocenters. The highest BCUT2D eigenvalue weighted by Crippen LogP contribution is 2.32. The highest BCUT2D eigenvalue weighted by molar-refractivity contribution is 7.93. The summed E-state index contributed by atoms with van der Waals surface area (Å²) in [7, 11) is -11.2. The largest absolute Gasteiger partial charge is 0.482 e. The molecule has 0 spiro atoms. The fourth-order valence-corrected chi connectivity index (χ4v) is 17.7. The van der Waals surface area contributed by atoms with E-state index >= 15 is 0 Å². The first kappa shape index (κ1) is 76.0. The van der Waals surface area contributed by atoms with Gasteiger partial charge >= 0.3 is 0 Å². The second kappa shape index (κ2) is 33.4. The molecular formula is C71H82Cl3FN16O10S5. The summed E-state index contributed by atoms with van der Waals surface area (Å²) in [4.78, 5) is 66.7. The van der Waals surface area contributed by atoms with Crippen molar-refractivity contribution in [3.8, 4) is 5.75 Å². The van der Waals surface area contributed by atoms with Gasteiger partial charge in [-0.1, -0.05) is 46.9 Å². The molecule has 3 aliphatic heterocycles.